The van der Waals surface area contributed by atoms with Crippen LogP contribution in [0, 0.1) is 0 Å². The van der Waals surface area contributed by atoms with E-state index in [1.54, 1.807) is 6.92 Å². The summed E-state index contributed by atoms with van der Waals surface area (Å²) in [5.41, 5.74) is -1.09. The van der Waals surface area contributed by atoms with Crippen LogP contribution in [0.5, 0.6) is 0 Å². The highest BCUT2D eigenvalue weighted by molar-refractivity contribution is 5.78. The molecule has 6 heteroatoms. The Morgan fingerprint density at radius 1 is 1.32 bits per heavy atom. The fourth-order valence-electron chi connectivity index (χ4n) is 3.50. The molecule has 0 saturated heterocycles. The second kappa shape index (κ2) is 6.96. The zero-order valence-electron chi connectivity index (χ0n) is 14.8. The lowest BCUT2D eigenvalue weighted by Gasteiger charge is -2.29. The maximum atomic E-state index is 12.7. The number of aromatic nitrogens is 2. The van der Waals surface area contributed by atoms with E-state index in [9.17, 15) is 9.90 Å². The smallest absolute Gasteiger partial charge is 0.226 e. The lowest BCUT2D eigenvalue weighted by atomic mass is 9.90. The minimum absolute atomic E-state index is 0.0166. The number of hydrogen-bond donors (Lipinski definition) is 2. The summed E-state index contributed by atoms with van der Waals surface area (Å²) >= 11 is 0. The Morgan fingerprint density at radius 3 is 2.60 bits per heavy atom. The normalized spacial score (nSPS) is 18.7. The third-order valence-corrected chi connectivity index (χ3v) is 4.93. The molecule has 0 radical (unpaired) electrons. The van der Waals surface area contributed by atoms with Gasteiger partial charge in [-0.05, 0) is 25.3 Å². The van der Waals surface area contributed by atoms with Crippen LogP contribution in [-0.4, -0.2) is 21.2 Å². The van der Waals surface area contributed by atoms with Crippen LogP contribution in [0.1, 0.15) is 63.2 Å². The van der Waals surface area contributed by atoms with E-state index in [0.717, 1.165) is 31.2 Å². The molecule has 1 aromatic carbocycles. The lowest BCUT2D eigenvalue weighted by molar-refractivity contribution is -0.128. The number of carbonyl (C=O) groups excluding carboxylic acids is 1. The van der Waals surface area contributed by atoms with Crippen molar-refractivity contribution in [1.29, 1.82) is 0 Å². The van der Waals surface area contributed by atoms with Crippen molar-refractivity contribution >= 4 is 5.91 Å². The average molecular weight is 343 g/mol. The van der Waals surface area contributed by atoms with E-state index in [2.05, 4.69) is 15.5 Å². The molecule has 1 aliphatic rings. The van der Waals surface area contributed by atoms with Gasteiger partial charge in [0, 0.05) is 6.42 Å². The maximum absolute atomic E-state index is 12.7. The SMILES string of the molecule is CCc1nc(C2(NC(=O)CC(C)(O)c3ccccc3)CCCC2)no1. The van der Waals surface area contributed by atoms with Crippen LogP contribution >= 0.6 is 0 Å². The highest BCUT2D eigenvalue weighted by Crippen LogP contribution is 2.38. The number of aryl methyl sites for hydroxylation is 1. The fraction of sp³-hybridized carbons (Fsp3) is 0.526. The highest BCUT2D eigenvalue weighted by Gasteiger charge is 2.42. The van der Waals surface area contributed by atoms with Crippen LogP contribution in [0.25, 0.3) is 0 Å². The summed E-state index contributed by atoms with van der Waals surface area (Å²) in [4.78, 5) is 17.1. The molecule has 3 rings (SSSR count). The summed E-state index contributed by atoms with van der Waals surface area (Å²) in [6.07, 6.45) is 4.23. The van der Waals surface area contributed by atoms with Crippen molar-refractivity contribution in [2.75, 3.05) is 0 Å². The Morgan fingerprint density at radius 2 is 2.00 bits per heavy atom. The van der Waals surface area contributed by atoms with Crippen LogP contribution in [-0.2, 0) is 22.4 Å². The first kappa shape index (κ1) is 17.6. The molecule has 1 amide bonds. The predicted octanol–water partition coefficient (Wildman–Crippen LogP) is 2.82. The van der Waals surface area contributed by atoms with Crippen molar-refractivity contribution in [2.45, 2.75) is 63.5 Å². The van der Waals surface area contributed by atoms with Crippen molar-refractivity contribution in [3.8, 4) is 0 Å². The lowest BCUT2D eigenvalue weighted by Crippen LogP contribution is -2.46. The molecule has 1 atom stereocenters. The van der Waals surface area contributed by atoms with Gasteiger partial charge in [0.1, 0.15) is 5.54 Å². The minimum atomic E-state index is -1.23. The molecular formula is C19H25N3O3. The van der Waals surface area contributed by atoms with Gasteiger partial charge in [0.2, 0.25) is 11.8 Å². The van der Waals surface area contributed by atoms with E-state index in [1.807, 2.05) is 37.3 Å². The molecule has 25 heavy (non-hydrogen) atoms. The molecule has 1 unspecified atom stereocenters. The third kappa shape index (κ3) is 3.74. The number of benzene rings is 1. The Kier molecular flexibility index (Phi) is 4.90. The monoisotopic (exact) mass is 343 g/mol. The quantitative estimate of drug-likeness (QED) is 0.842. The van der Waals surface area contributed by atoms with Gasteiger partial charge >= 0.3 is 0 Å². The number of rotatable bonds is 6. The molecule has 1 aromatic heterocycles. The molecule has 2 aromatic rings. The van der Waals surface area contributed by atoms with Gasteiger partial charge in [-0.25, -0.2) is 0 Å². The summed E-state index contributed by atoms with van der Waals surface area (Å²) in [6.45, 7) is 3.61. The molecule has 1 aliphatic carbocycles. The minimum Gasteiger partial charge on any atom is -0.385 e. The summed E-state index contributed by atoms with van der Waals surface area (Å²) in [7, 11) is 0. The molecule has 0 bridgehead atoms. The topological polar surface area (TPSA) is 88.2 Å². The Balaban J connectivity index is 1.75. The average Bonchev–Trinajstić information content (AvgIpc) is 3.25. The van der Waals surface area contributed by atoms with Gasteiger partial charge in [0.15, 0.2) is 5.82 Å². The molecule has 6 nitrogen and oxygen atoms in total. The molecule has 1 fully saturated rings. The van der Waals surface area contributed by atoms with Gasteiger partial charge in [-0.15, -0.1) is 0 Å². The van der Waals surface area contributed by atoms with Gasteiger partial charge in [-0.2, -0.15) is 4.98 Å². The number of carbonyl (C=O) groups is 1. The summed E-state index contributed by atoms with van der Waals surface area (Å²) < 4.78 is 5.24. The van der Waals surface area contributed by atoms with Crippen LogP contribution in [0.4, 0.5) is 0 Å². The molecule has 1 heterocycles. The van der Waals surface area contributed by atoms with Gasteiger partial charge in [-0.1, -0.05) is 55.3 Å². The van der Waals surface area contributed by atoms with E-state index in [1.165, 1.54) is 0 Å². The summed E-state index contributed by atoms with van der Waals surface area (Å²) in [5.74, 6) is 0.917. The second-order valence-electron chi connectivity index (χ2n) is 7.02. The van der Waals surface area contributed by atoms with Crippen molar-refractivity contribution in [3.63, 3.8) is 0 Å². The Labute approximate surface area is 147 Å². The molecule has 134 valence electrons. The van der Waals surface area contributed by atoms with E-state index in [-0.39, 0.29) is 12.3 Å². The van der Waals surface area contributed by atoms with Gasteiger partial charge in [0.05, 0.1) is 12.0 Å². The van der Waals surface area contributed by atoms with Crippen molar-refractivity contribution in [2.24, 2.45) is 0 Å². The second-order valence-corrected chi connectivity index (χ2v) is 7.02. The van der Waals surface area contributed by atoms with E-state index in [4.69, 9.17) is 4.52 Å². The van der Waals surface area contributed by atoms with E-state index >= 15 is 0 Å². The largest absolute Gasteiger partial charge is 0.385 e. The Hall–Kier alpha value is -2.21. The summed E-state index contributed by atoms with van der Waals surface area (Å²) in [5, 5.41) is 17.9. The number of aliphatic hydroxyl groups is 1. The van der Waals surface area contributed by atoms with Crippen LogP contribution in [0.2, 0.25) is 0 Å². The Bertz CT molecular complexity index is 719. The number of hydrogen-bond acceptors (Lipinski definition) is 5. The van der Waals surface area contributed by atoms with E-state index in [0.29, 0.717) is 18.1 Å². The molecule has 0 aliphatic heterocycles. The maximum Gasteiger partial charge on any atom is 0.226 e. The molecule has 1 saturated carbocycles. The highest BCUT2D eigenvalue weighted by atomic mass is 16.5. The first-order chi connectivity index (χ1) is 12.0. The molecular weight excluding hydrogens is 318 g/mol. The summed E-state index contributed by atoms with van der Waals surface area (Å²) in [6, 6.07) is 9.24. The predicted molar refractivity (Wildman–Crippen MR) is 92.6 cm³/mol. The van der Waals surface area contributed by atoms with Crippen LogP contribution in [0.3, 0.4) is 0 Å². The van der Waals surface area contributed by atoms with Gasteiger partial charge < -0.3 is 14.9 Å². The first-order valence-corrected chi connectivity index (χ1v) is 8.87. The van der Waals surface area contributed by atoms with E-state index < -0.39 is 11.1 Å². The van der Waals surface area contributed by atoms with Gasteiger partial charge in [0.25, 0.3) is 0 Å². The number of nitrogens with zero attached hydrogens (tertiary/aromatic N) is 2. The van der Waals surface area contributed by atoms with Crippen molar-refractivity contribution < 1.29 is 14.4 Å². The van der Waals surface area contributed by atoms with Crippen molar-refractivity contribution in [3.05, 3.63) is 47.6 Å². The zero-order valence-corrected chi connectivity index (χ0v) is 14.8. The number of amides is 1. The number of nitrogens with one attached hydrogen (secondary N) is 1. The van der Waals surface area contributed by atoms with Gasteiger partial charge in [-0.3, -0.25) is 4.79 Å². The first-order valence-electron chi connectivity index (χ1n) is 8.87. The zero-order chi connectivity index (χ0) is 17.9. The van der Waals surface area contributed by atoms with Crippen LogP contribution < -0.4 is 5.32 Å². The van der Waals surface area contributed by atoms with Crippen molar-refractivity contribution in [1.82, 2.24) is 15.5 Å². The molecule has 2 N–H and O–H groups in total. The third-order valence-electron chi connectivity index (χ3n) is 4.93. The standard InChI is InChI=1S/C19H25N3O3/c1-3-16-20-17(22-25-16)19(11-7-8-12-19)21-15(23)13-18(2,24)14-9-5-4-6-10-14/h4-6,9-10,24H,3,7-8,11-13H2,1-2H3,(H,21,23). The fourth-order valence-corrected chi connectivity index (χ4v) is 3.50. The van der Waals surface area contributed by atoms with Crippen LogP contribution in [0.15, 0.2) is 34.9 Å². The molecule has 0 spiro atoms.